The number of ether oxygens (including phenoxy) is 1. The lowest BCUT2D eigenvalue weighted by Crippen LogP contribution is -2.09. The first-order valence-corrected chi connectivity index (χ1v) is 7.55. The number of aromatic nitrogens is 1. The summed E-state index contributed by atoms with van der Waals surface area (Å²) in [5, 5.41) is 0.595. The van der Waals surface area contributed by atoms with E-state index in [2.05, 4.69) is 4.98 Å². The fourth-order valence-corrected chi connectivity index (χ4v) is 2.75. The van der Waals surface area contributed by atoms with E-state index in [9.17, 15) is 4.79 Å². The van der Waals surface area contributed by atoms with Gasteiger partial charge in [-0.1, -0.05) is 53.0 Å². The number of oxazole rings is 1. The predicted molar refractivity (Wildman–Crippen MR) is 88.4 cm³/mol. The number of carbonyl (C=O) groups is 1. The number of hydrogen-bond donors (Lipinski definition) is 0. The highest BCUT2D eigenvalue weighted by molar-refractivity contribution is 6.40. The second-order valence-corrected chi connectivity index (χ2v) is 5.74. The summed E-state index contributed by atoms with van der Waals surface area (Å²) in [4.78, 5) is 16.3. The smallest absolute Gasteiger partial charge is 0.365 e. The van der Waals surface area contributed by atoms with E-state index in [1.54, 1.807) is 0 Å². The van der Waals surface area contributed by atoms with Gasteiger partial charge in [0.25, 0.3) is 0 Å². The van der Waals surface area contributed by atoms with Crippen LogP contribution in [0.3, 0.4) is 0 Å². The summed E-state index contributed by atoms with van der Waals surface area (Å²) in [6.07, 6.45) is 1.21. The average Bonchev–Trinajstić information content (AvgIpc) is 3.01. The van der Waals surface area contributed by atoms with Crippen molar-refractivity contribution in [3.63, 3.8) is 0 Å². The summed E-state index contributed by atoms with van der Waals surface area (Å²) in [7, 11) is 0. The monoisotopic (exact) mass is 367 g/mol. The van der Waals surface area contributed by atoms with Crippen molar-refractivity contribution in [2.45, 2.75) is 0 Å². The second-order valence-electron chi connectivity index (χ2n) is 4.49. The molecule has 1 aromatic heterocycles. The minimum absolute atomic E-state index is 0.00550. The van der Waals surface area contributed by atoms with Gasteiger partial charge in [-0.25, -0.2) is 9.78 Å². The van der Waals surface area contributed by atoms with E-state index in [1.807, 2.05) is 30.3 Å². The lowest BCUT2D eigenvalue weighted by molar-refractivity contribution is 0.0729. The minimum atomic E-state index is -0.734. The highest BCUT2D eigenvalue weighted by atomic mass is 35.5. The van der Waals surface area contributed by atoms with Crippen molar-refractivity contribution in [2.24, 2.45) is 0 Å². The van der Waals surface area contributed by atoms with Gasteiger partial charge in [0.2, 0.25) is 5.89 Å². The van der Waals surface area contributed by atoms with Crippen LogP contribution in [0.25, 0.3) is 11.5 Å². The summed E-state index contributed by atoms with van der Waals surface area (Å²) in [5.74, 6) is -0.403. The molecule has 0 unspecified atom stereocenters. The van der Waals surface area contributed by atoms with Gasteiger partial charge in [-0.2, -0.15) is 0 Å². The minimum Gasteiger partial charge on any atom is -0.444 e. The molecule has 116 valence electrons. The molecule has 2 aromatic carbocycles. The van der Waals surface area contributed by atoms with Crippen molar-refractivity contribution in [3.8, 4) is 17.2 Å². The molecule has 0 amide bonds. The molecular formula is C16H8Cl3NO3. The molecule has 0 atom stereocenters. The number of hydrogen-bond acceptors (Lipinski definition) is 4. The fourth-order valence-electron chi connectivity index (χ4n) is 1.85. The van der Waals surface area contributed by atoms with Gasteiger partial charge < -0.3 is 9.15 Å². The van der Waals surface area contributed by atoms with Crippen molar-refractivity contribution in [1.82, 2.24) is 4.98 Å². The van der Waals surface area contributed by atoms with Crippen LogP contribution >= 0.6 is 34.8 Å². The summed E-state index contributed by atoms with van der Waals surface area (Å²) in [6.45, 7) is 0. The molecule has 0 aliphatic carbocycles. The highest BCUT2D eigenvalue weighted by Gasteiger charge is 2.19. The van der Waals surface area contributed by atoms with Gasteiger partial charge in [-0.3, -0.25) is 0 Å². The van der Waals surface area contributed by atoms with Crippen LogP contribution in [0, 0.1) is 0 Å². The molecule has 0 aliphatic heterocycles. The quantitative estimate of drug-likeness (QED) is 0.451. The molecule has 0 N–H and O–H groups in total. The summed E-state index contributed by atoms with van der Waals surface area (Å²) in [6, 6.07) is 12.0. The summed E-state index contributed by atoms with van der Waals surface area (Å²) < 4.78 is 10.5. The Morgan fingerprint density at radius 1 is 1.04 bits per heavy atom. The Labute approximate surface area is 146 Å². The topological polar surface area (TPSA) is 52.3 Å². The van der Waals surface area contributed by atoms with E-state index < -0.39 is 5.97 Å². The average molecular weight is 369 g/mol. The van der Waals surface area contributed by atoms with E-state index in [1.165, 1.54) is 18.4 Å². The maximum Gasteiger partial charge on any atom is 0.365 e. The van der Waals surface area contributed by atoms with Gasteiger partial charge >= 0.3 is 5.97 Å². The van der Waals surface area contributed by atoms with Crippen LogP contribution in [0.5, 0.6) is 5.75 Å². The number of nitrogens with zero attached hydrogens (tertiary/aromatic N) is 1. The van der Waals surface area contributed by atoms with Crippen LogP contribution < -0.4 is 4.74 Å². The van der Waals surface area contributed by atoms with Crippen molar-refractivity contribution >= 4 is 40.8 Å². The maximum absolute atomic E-state index is 12.2. The number of carbonyl (C=O) groups excluding carboxylic acids is 1. The zero-order valence-electron chi connectivity index (χ0n) is 11.4. The summed E-state index contributed by atoms with van der Waals surface area (Å²) >= 11 is 17.8. The van der Waals surface area contributed by atoms with E-state index in [0.29, 0.717) is 10.9 Å². The predicted octanol–water partition coefficient (Wildman–Crippen LogP) is 5.52. The number of halogens is 3. The third-order valence-corrected chi connectivity index (χ3v) is 3.67. The van der Waals surface area contributed by atoms with E-state index in [0.717, 1.165) is 5.56 Å². The van der Waals surface area contributed by atoms with Crippen molar-refractivity contribution in [2.75, 3.05) is 0 Å². The van der Waals surface area contributed by atoms with Crippen LogP contribution in [0.2, 0.25) is 15.1 Å². The molecule has 1 heterocycles. The molecule has 3 aromatic rings. The van der Waals surface area contributed by atoms with Crippen LogP contribution in [-0.2, 0) is 0 Å². The van der Waals surface area contributed by atoms with E-state index >= 15 is 0 Å². The Kier molecular flexibility index (Phi) is 4.57. The van der Waals surface area contributed by atoms with Crippen LogP contribution in [0.1, 0.15) is 10.5 Å². The molecule has 4 nitrogen and oxygen atoms in total. The molecule has 0 radical (unpaired) electrons. The Balaban J connectivity index is 1.84. The zero-order chi connectivity index (χ0) is 16.4. The largest absolute Gasteiger partial charge is 0.444 e. The van der Waals surface area contributed by atoms with Crippen molar-refractivity contribution < 1.29 is 13.9 Å². The van der Waals surface area contributed by atoms with E-state index in [4.69, 9.17) is 44.0 Å². The molecule has 0 spiro atoms. The van der Waals surface area contributed by atoms with Gasteiger partial charge in [0.05, 0.1) is 10.0 Å². The Hall–Kier alpha value is -2.01. The lowest BCUT2D eigenvalue weighted by atomic mass is 10.2. The molecule has 7 heteroatoms. The van der Waals surface area contributed by atoms with Crippen LogP contribution in [0.4, 0.5) is 0 Å². The lowest BCUT2D eigenvalue weighted by Gasteiger charge is -2.07. The summed E-state index contributed by atoms with van der Waals surface area (Å²) in [5.41, 5.74) is 0.750. The standard InChI is InChI=1S/C16H8Cl3NO3/c17-10-6-11(18)14(12(19)7-10)23-16(21)13-8-22-15(20-13)9-4-2-1-3-5-9/h1-8H. The van der Waals surface area contributed by atoms with Crippen LogP contribution in [0.15, 0.2) is 53.1 Å². The van der Waals surface area contributed by atoms with Gasteiger partial charge in [0.15, 0.2) is 11.4 Å². The maximum atomic E-state index is 12.2. The number of benzene rings is 2. The second kappa shape index (κ2) is 6.62. The highest BCUT2D eigenvalue weighted by Crippen LogP contribution is 2.36. The third-order valence-electron chi connectivity index (χ3n) is 2.89. The van der Waals surface area contributed by atoms with Crippen molar-refractivity contribution in [3.05, 3.63) is 69.5 Å². The number of rotatable bonds is 3. The third kappa shape index (κ3) is 3.50. The Bertz CT molecular complexity index is 839. The molecular weight excluding hydrogens is 361 g/mol. The zero-order valence-corrected chi connectivity index (χ0v) is 13.7. The molecule has 0 saturated carbocycles. The molecule has 0 bridgehead atoms. The van der Waals surface area contributed by atoms with Gasteiger partial charge in [-0.15, -0.1) is 0 Å². The fraction of sp³-hybridized carbons (Fsp3) is 0. The molecule has 0 saturated heterocycles. The van der Waals surface area contributed by atoms with Gasteiger partial charge in [0, 0.05) is 10.6 Å². The SMILES string of the molecule is O=C(Oc1c(Cl)cc(Cl)cc1Cl)c1coc(-c2ccccc2)n1. The normalized spacial score (nSPS) is 10.6. The van der Waals surface area contributed by atoms with E-state index in [-0.39, 0.29) is 21.5 Å². The van der Waals surface area contributed by atoms with Crippen LogP contribution in [-0.4, -0.2) is 11.0 Å². The molecule has 23 heavy (non-hydrogen) atoms. The Morgan fingerprint density at radius 3 is 2.35 bits per heavy atom. The molecule has 3 rings (SSSR count). The van der Waals surface area contributed by atoms with Gasteiger partial charge in [-0.05, 0) is 24.3 Å². The number of esters is 1. The first kappa shape index (κ1) is 15.9. The first-order chi connectivity index (χ1) is 11.0. The van der Waals surface area contributed by atoms with Crippen molar-refractivity contribution in [1.29, 1.82) is 0 Å². The molecule has 0 fully saturated rings. The van der Waals surface area contributed by atoms with Gasteiger partial charge in [0.1, 0.15) is 6.26 Å². The first-order valence-electron chi connectivity index (χ1n) is 6.42. The molecule has 0 aliphatic rings. The Morgan fingerprint density at radius 2 is 1.70 bits per heavy atom.